The largest absolute Gasteiger partial charge is 0.508 e. The van der Waals surface area contributed by atoms with E-state index in [1.165, 1.54) is 11.1 Å². The molecule has 0 saturated carbocycles. The van der Waals surface area contributed by atoms with Gasteiger partial charge in [-0.05, 0) is 97.9 Å². The summed E-state index contributed by atoms with van der Waals surface area (Å²) in [7, 11) is 0. The number of nitrogens with zero attached hydrogens (tertiary/aromatic N) is 2. The number of pyridine rings is 2. The summed E-state index contributed by atoms with van der Waals surface area (Å²) in [6.07, 6.45) is 17.1. The fraction of sp³-hybridized carbons (Fsp3) is 0.242. The van der Waals surface area contributed by atoms with Gasteiger partial charge >= 0.3 is 0 Å². The number of aliphatic hydroxyl groups is 1. The summed E-state index contributed by atoms with van der Waals surface area (Å²) in [5, 5.41) is 11.6. The van der Waals surface area contributed by atoms with Gasteiger partial charge in [-0.25, -0.2) is 4.98 Å². The third kappa shape index (κ3) is 4.51. The van der Waals surface area contributed by atoms with Gasteiger partial charge in [-0.1, -0.05) is 50.3 Å². The molecule has 0 saturated heterocycles. The topological polar surface area (TPSA) is 46.0 Å². The van der Waals surface area contributed by atoms with Crippen molar-refractivity contribution in [2.45, 2.75) is 52.9 Å². The second-order valence-corrected chi connectivity index (χ2v) is 9.65. The minimum absolute atomic E-state index is 0.203. The predicted molar refractivity (Wildman–Crippen MR) is 151 cm³/mol. The second kappa shape index (κ2) is 10.4. The molecule has 1 aromatic carbocycles. The van der Waals surface area contributed by atoms with E-state index in [0.29, 0.717) is 5.92 Å². The number of aryl methyl sites for hydroxylation is 1. The Morgan fingerprint density at radius 3 is 2.61 bits per heavy atom. The molecule has 2 heterocycles. The van der Waals surface area contributed by atoms with Gasteiger partial charge < -0.3 is 5.11 Å². The maximum absolute atomic E-state index is 10.4. The van der Waals surface area contributed by atoms with Crippen molar-refractivity contribution in [3.8, 4) is 0 Å². The molecule has 1 atom stereocenters. The highest BCUT2D eigenvalue weighted by Gasteiger charge is 2.34. The molecular formula is C33H34N2O. The van der Waals surface area contributed by atoms with Gasteiger partial charge in [0, 0.05) is 23.4 Å². The summed E-state index contributed by atoms with van der Waals surface area (Å²) in [4.78, 5) is 9.57. The normalized spacial score (nSPS) is 15.8. The first-order valence-electron chi connectivity index (χ1n) is 12.5. The van der Waals surface area contributed by atoms with Crippen LogP contribution in [0.1, 0.15) is 68.5 Å². The summed E-state index contributed by atoms with van der Waals surface area (Å²) in [6.45, 7) is 12.9. The van der Waals surface area contributed by atoms with Crippen LogP contribution in [-0.2, 0) is 5.41 Å². The van der Waals surface area contributed by atoms with Crippen molar-refractivity contribution in [1.29, 1.82) is 0 Å². The predicted octanol–water partition coefficient (Wildman–Crippen LogP) is 8.44. The minimum Gasteiger partial charge on any atom is -0.508 e. The first-order valence-corrected chi connectivity index (χ1v) is 12.5. The lowest BCUT2D eigenvalue weighted by Crippen LogP contribution is -2.26. The van der Waals surface area contributed by atoms with Crippen molar-refractivity contribution in [2.75, 3.05) is 0 Å². The Morgan fingerprint density at radius 2 is 1.94 bits per heavy atom. The molecule has 4 rings (SSSR count). The van der Waals surface area contributed by atoms with Crippen LogP contribution < -0.4 is 0 Å². The second-order valence-electron chi connectivity index (χ2n) is 9.65. The molecule has 3 aromatic rings. The van der Waals surface area contributed by atoms with Gasteiger partial charge in [-0.3, -0.25) is 4.98 Å². The molecule has 0 aliphatic heterocycles. The lowest BCUT2D eigenvalue weighted by atomic mass is 9.70. The molecule has 0 spiro atoms. The molecular weight excluding hydrogens is 440 g/mol. The van der Waals surface area contributed by atoms with Crippen LogP contribution in [0, 0.1) is 6.92 Å². The molecule has 3 heteroatoms. The van der Waals surface area contributed by atoms with E-state index in [1.807, 2.05) is 25.3 Å². The Balaban J connectivity index is 2.03. The van der Waals surface area contributed by atoms with Gasteiger partial charge in [0.2, 0.25) is 0 Å². The molecule has 0 fully saturated rings. The number of rotatable bonds is 6. The number of allylic oxidation sites excluding steroid dienone is 8. The summed E-state index contributed by atoms with van der Waals surface area (Å²) < 4.78 is 0. The fourth-order valence-electron chi connectivity index (χ4n) is 5.11. The van der Waals surface area contributed by atoms with Crippen LogP contribution in [0.5, 0.6) is 0 Å². The monoisotopic (exact) mass is 474 g/mol. The van der Waals surface area contributed by atoms with Crippen LogP contribution in [-0.4, -0.2) is 15.1 Å². The third-order valence-electron chi connectivity index (χ3n) is 7.05. The quantitative estimate of drug-likeness (QED) is 0.288. The Bertz CT molecular complexity index is 1480. The lowest BCUT2D eigenvalue weighted by molar-refractivity contribution is 0.431. The van der Waals surface area contributed by atoms with E-state index in [0.717, 1.165) is 38.9 Å². The Morgan fingerprint density at radius 1 is 1.14 bits per heavy atom. The number of hydrogen-bond donors (Lipinski definition) is 1. The van der Waals surface area contributed by atoms with E-state index in [-0.39, 0.29) is 5.76 Å². The standard InChI is InChI=1S/C33H34N2O/c1-7-12-24(8-2)32-31(22(3)4)23(5)29-20-26(16-17-30(29)35-32)33(6,27-14-11-18-34-21-27)25-13-9-10-15-28(36)19-25/h7-12,14-22,36H,1-6H3/b12-7-,24-8+. The molecule has 2 aromatic heterocycles. The summed E-state index contributed by atoms with van der Waals surface area (Å²) >= 11 is 0. The van der Waals surface area contributed by atoms with Gasteiger partial charge in [0.05, 0.1) is 16.6 Å². The first kappa shape index (κ1) is 25.2. The zero-order valence-electron chi connectivity index (χ0n) is 22.0. The Kier molecular flexibility index (Phi) is 7.24. The van der Waals surface area contributed by atoms with Crippen molar-refractivity contribution in [1.82, 2.24) is 9.97 Å². The molecule has 1 unspecified atom stereocenters. The van der Waals surface area contributed by atoms with Gasteiger partial charge in [0.1, 0.15) is 5.76 Å². The molecule has 0 radical (unpaired) electrons. The fourth-order valence-corrected chi connectivity index (χ4v) is 5.11. The molecule has 0 bridgehead atoms. The van der Waals surface area contributed by atoms with E-state index in [9.17, 15) is 5.11 Å². The molecule has 3 nitrogen and oxygen atoms in total. The highest BCUT2D eigenvalue weighted by molar-refractivity contribution is 5.89. The van der Waals surface area contributed by atoms with E-state index < -0.39 is 5.41 Å². The molecule has 36 heavy (non-hydrogen) atoms. The van der Waals surface area contributed by atoms with E-state index in [1.54, 1.807) is 24.4 Å². The van der Waals surface area contributed by atoms with E-state index in [2.05, 4.69) is 87.8 Å². The van der Waals surface area contributed by atoms with Crippen LogP contribution >= 0.6 is 0 Å². The molecule has 0 amide bonds. The average Bonchev–Trinajstić information content (AvgIpc) is 3.11. The zero-order valence-corrected chi connectivity index (χ0v) is 22.0. The first-order chi connectivity index (χ1) is 17.3. The van der Waals surface area contributed by atoms with Crippen molar-refractivity contribution in [3.05, 3.63) is 130 Å². The van der Waals surface area contributed by atoms with E-state index >= 15 is 0 Å². The number of hydrogen-bond acceptors (Lipinski definition) is 3. The Labute approximate surface area is 214 Å². The SMILES string of the molecule is C/C=C\C(=C/C)c1nc2ccc(C(C)(C3=C=CC=CC(O)=C3)c3cccnc3)cc2c(C)c1C(C)C. The highest BCUT2D eigenvalue weighted by Crippen LogP contribution is 2.42. The van der Waals surface area contributed by atoms with Crippen LogP contribution in [0.4, 0.5) is 0 Å². The van der Waals surface area contributed by atoms with Crippen LogP contribution in [0.25, 0.3) is 16.5 Å². The van der Waals surface area contributed by atoms with Crippen molar-refractivity contribution in [2.24, 2.45) is 0 Å². The molecule has 1 aliphatic carbocycles. The smallest absolute Gasteiger partial charge is 0.116 e. The van der Waals surface area contributed by atoms with Crippen LogP contribution in [0.15, 0.2) is 102 Å². The molecule has 1 N–H and O–H groups in total. The number of aliphatic hydroxyl groups excluding tert-OH is 1. The van der Waals surface area contributed by atoms with Crippen LogP contribution in [0.3, 0.4) is 0 Å². The van der Waals surface area contributed by atoms with Crippen molar-refractivity contribution >= 4 is 16.5 Å². The summed E-state index contributed by atoms with van der Waals surface area (Å²) in [6, 6.07) is 10.5. The van der Waals surface area contributed by atoms with Gasteiger partial charge in [0.25, 0.3) is 0 Å². The third-order valence-corrected chi connectivity index (χ3v) is 7.05. The summed E-state index contributed by atoms with van der Waals surface area (Å²) in [5.41, 5.74) is 11.5. The average molecular weight is 475 g/mol. The maximum Gasteiger partial charge on any atom is 0.116 e. The van der Waals surface area contributed by atoms with Crippen molar-refractivity contribution in [3.63, 3.8) is 0 Å². The Hall–Kier alpha value is -3.94. The molecule has 1 aliphatic rings. The molecule has 182 valence electrons. The minimum atomic E-state index is -0.582. The lowest BCUT2D eigenvalue weighted by Gasteiger charge is -2.32. The van der Waals surface area contributed by atoms with Gasteiger partial charge in [0.15, 0.2) is 0 Å². The van der Waals surface area contributed by atoms with Gasteiger partial charge in [-0.2, -0.15) is 0 Å². The van der Waals surface area contributed by atoms with Gasteiger partial charge in [-0.15, -0.1) is 5.73 Å². The number of fused-ring (bicyclic) bond motifs is 1. The highest BCUT2D eigenvalue weighted by atomic mass is 16.3. The maximum atomic E-state index is 10.4. The number of benzene rings is 1. The van der Waals surface area contributed by atoms with Crippen LogP contribution in [0.2, 0.25) is 0 Å². The number of aromatic nitrogens is 2. The zero-order chi connectivity index (χ0) is 25.9. The summed E-state index contributed by atoms with van der Waals surface area (Å²) in [5.74, 6) is 0.526. The van der Waals surface area contributed by atoms with Crippen molar-refractivity contribution < 1.29 is 5.11 Å². The van der Waals surface area contributed by atoms with E-state index in [4.69, 9.17) is 4.98 Å².